The summed E-state index contributed by atoms with van der Waals surface area (Å²) in [5, 5.41) is 7.73. The van der Waals surface area contributed by atoms with Crippen LogP contribution in [0.15, 0.2) is 12.3 Å². The van der Waals surface area contributed by atoms with Gasteiger partial charge in [0.2, 0.25) is 0 Å². The van der Waals surface area contributed by atoms with Gasteiger partial charge in [-0.15, -0.1) is 5.10 Å². The molecule has 0 saturated carbocycles. The van der Waals surface area contributed by atoms with Crippen LogP contribution in [0.2, 0.25) is 0 Å². The van der Waals surface area contributed by atoms with Crippen LogP contribution in [0.5, 0.6) is 0 Å². The Morgan fingerprint density at radius 2 is 2.10 bits per heavy atom. The fourth-order valence-electron chi connectivity index (χ4n) is 0.667. The molecule has 1 aromatic rings. The molecule has 0 unspecified atom stereocenters. The molecule has 0 saturated heterocycles. The van der Waals surface area contributed by atoms with E-state index in [1.54, 1.807) is 6.20 Å². The minimum atomic E-state index is 0.903. The lowest BCUT2D eigenvalue weighted by Gasteiger charge is -2.09. The lowest BCUT2D eigenvalue weighted by atomic mass is 10.3. The third kappa shape index (κ3) is 1.43. The summed E-state index contributed by atoms with van der Waals surface area (Å²) in [6, 6.07) is 1.99. The Hall–Kier alpha value is -1.12. The predicted molar refractivity (Wildman–Crippen MR) is 41.1 cm³/mol. The number of rotatable bonds is 1. The van der Waals surface area contributed by atoms with Crippen LogP contribution in [0.1, 0.15) is 5.56 Å². The third-order valence-corrected chi connectivity index (χ3v) is 1.24. The fourth-order valence-corrected chi connectivity index (χ4v) is 0.667. The predicted octanol–water partition coefficient (Wildman–Crippen LogP) is 0.851. The molecule has 0 N–H and O–H groups in total. The molecule has 54 valence electrons. The van der Waals surface area contributed by atoms with Crippen molar-refractivity contribution < 1.29 is 0 Å². The number of anilines is 1. The van der Waals surface area contributed by atoms with Crippen LogP contribution in [0.3, 0.4) is 0 Å². The molecule has 0 aromatic carbocycles. The maximum absolute atomic E-state index is 3.92. The average molecular weight is 137 g/mol. The van der Waals surface area contributed by atoms with Crippen molar-refractivity contribution in [1.29, 1.82) is 0 Å². The van der Waals surface area contributed by atoms with Crippen LogP contribution < -0.4 is 4.90 Å². The summed E-state index contributed by atoms with van der Waals surface area (Å²) >= 11 is 0. The van der Waals surface area contributed by atoms with Gasteiger partial charge < -0.3 is 4.90 Å². The second kappa shape index (κ2) is 2.64. The van der Waals surface area contributed by atoms with Gasteiger partial charge in [-0.05, 0) is 18.6 Å². The summed E-state index contributed by atoms with van der Waals surface area (Å²) in [5.41, 5.74) is 1.14. The molecular weight excluding hydrogens is 126 g/mol. The zero-order valence-corrected chi connectivity index (χ0v) is 6.50. The van der Waals surface area contributed by atoms with E-state index in [0.29, 0.717) is 0 Å². The molecule has 0 aliphatic heterocycles. The third-order valence-electron chi connectivity index (χ3n) is 1.24. The molecule has 1 rings (SSSR count). The van der Waals surface area contributed by atoms with E-state index in [1.807, 2.05) is 32.0 Å². The number of aromatic nitrogens is 2. The quantitative estimate of drug-likeness (QED) is 0.574. The van der Waals surface area contributed by atoms with Crippen LogP contribution in [-0.4, -0.2) is 24.3 Å². The maximum atomic E-state index is 3.92. The summed E-state index contributed by atoms with van der Waals surface area (Å²) in [5.74, 6) is 0.903. The minimum Gasteiger partial charge on any atom is -0.361 e. The molecule has 10 heavy (non-hydrogen) atoms. The Morgan fingerprint density at radius 1 is 1.40 bits per heavy atom. The van der Waals surface area contributed by atoms with Gasteiger partial charge in [0.1, 0.15) is 0 Å². The standard InChI is InChI=1S/C7H11N3/c1-6-4-7(10(2)3)9-8-5-6/h4-5H,1-3H3. The van der Waals surface area contributed by atoms with E-state index in [0.717, 1.165) is 11.4 Å². The van der Waals surface area contributed by atoms with Crippen molar-refractivity contribution in [2.24, 2.45) is 0 Å². The Labute approximate surface area is 60.7 Å². The second-order valence-electron chi connectivity index (χ2n) is 2.49. The maximum Gasteiger partial charge on any atom is 0.150 e. The van der Waals surface area contributed by atoms with Gasteiger partial charge in [0.05, 0.1) is 6.20 Å². The van der Waals surface area contributed by atoms with Crippen molar-refractivity contribution in [3.05, 3.63) is 17.8 Å². The topological polar surface area (TPSA) is 29.0 Å². The highest BCUT2D eigenvalue weighted by Gasteiger charge is 1.94. The number of hydrogen-bond acceptors (Lipinski definition) is 3. The van der Waals surface area contributed by atoms with Gasteiger partial charge >= 0.3 is 0 Å². The molecule has 0 fully saturated rings. The fraction of sp³-hybridized carbons (Fsp3) is 0.429. The SMILES string of the molecule is Cc1cnnc(N(C)C)c1. The lowest BCUT2D eigenvalue weighted by molar-refractivity contribution is 0.954. The Morgan fingerprint density at radius 3 is 2.50 bits per heavy atom. The van der Waals surface area contributed by atoms with E-state index in [9.17, 15) is 0 Å². The van der Waals surface area contributed by atoms with Crippen molar-refractivity contribution in [2.45, 2.75) is 6.92 Å². The molecule has 3 nitrogen and oxygen atoms in total. The minimum absolute atomic E-state index is 0.903. The Balaban J connectivity index is 2.96. The molecule has 0 atom stereocenters. The number of hydrogen-bond donors (Lipinski definition) is 0. The van der Waals surface area contributed by atoms with Gasteiger partial charge in [0.25, 0.3) is 0 Å². The summed E-state index contributed by atoms with van der Waals surface area (Å²) in [4.78, 5) is 1.93. The van der Waals surface area contributed by atoms with Crippen LogP contribution >= 0.6 is 0 Å². The number of aryl methyl sites for hydroxylation is 1. The van der Waals surface area contributed by atoms with Crippen LogP contribution in [0, 0.1) is 6.92 Å². The first kappa shape index (κ1) is 6.99. The van der Waals surface area contributed by atoms with E-state index in [-0.39, 0.29) is 0 Å². The highest BCUT2D eigenvalue weighted by molar-refractivity contribution is 5.36. The van der Waals surface area contributed by atoms with Crippen molar-refractivity contribution >= 4 is 5.82 Å². The van der Waals surface area contributed by atoms with Gasteiger partial charge in [-0.3, -0.25) is 0 Å². The van der Waals surface area contributed by atoms with Gasteiger partial charge in [-0.25, -0.2) is 0 Å². The number of nitrogens with zero attached hydrogens (tertiary/aromatic N) is 3. The summed E-state index contributed by atoms with van der Waals surface area (Å²) in [6.45, 7) is 2.00. The Kier molecular flexibility index (Phi) is 1.85. The second-order valence-corrected chi connectivity index (χ2v) is 2.49. The van der Waals surface area contributed by atoms with E-state index < -0.39 is 0 Å². The highest BCUT2D eigenvalue weighted by atomic mass is 15.2. The molecular formula is C7H11N3. The van der Waals surface area contributed by atoms with Crippen molar-refractivity contribution in [2.75, 3.05) is 19.0 Å². The van der Waals surface area contributed by atoms with Gasteiger partial charge in [-0.2, -0.15) is 5.10 Å². The van der Waals surface area contributed by atoms with Gasteiger partial charge in [0, 0.05) is 14.1 Å². The van der Waals surface area contributed by atoms with Crippen molar-refractivity contribution in [1.82, 2.24) is 10.2 Å². The Bertz CT molecular complexity index is 220. The molecule has 0 bridgehead atoms. The summed E-state index contributed by atoms with van der Waals surface area (Å²) in [6.07, 6.45) is 1.74. The molecule has 0 aliphatic carbocycles. The van der Waals surface area contributed by atoms with Crippen molar-refractivity contribution in [3.63, 3.8) is 0 Å². The smallest absolute Gasteiger partial charge is 0.150 e. The molecule has 3 heteroatoms. The molecule has 1 aromatic heterocycles. The zero-order valence-electron chi connectivity index (χ0n) is 6.50. The first-order valence-electron chi connectivity index (χ1n) is 3.17. The monoisotopic (exact) mass is 137 g/mol. The largest absolute Gasteiger partial charge is 0.361 e. The molecule has 0 radical (unpaired) electrons. The van der Waals surface area contributed by atoms with Crippen molar-refractivity contribution in [3.8, 4) is 0 Å². The first-order valence-corrected chi connectivity index (χ1v) is 3.17. The summed E-state index contributed by atoms with van der Waals surface area (Å²) in [7, 11) is 3.90. The summed E-state index contributed by atoms with van der Waals surface area (Å²) < 4.78 is 0. The van der Waals surface area contributed by atoms with Gasteiger partial charge in [0.15, 0.2) is 5.82 Å². The van der Waals surface area contributed by atoms with E-state index >= 15 is 0 Å². The van der Waals surface area contributed by atoms with Crippen LogP contribution in [-0.2, 0) is 0 Å². The van der Waals surface area contributed by atoms with E-state index in [2.05, 4.69) is 10.2 Å². The van der Waals surface area contributed by atoms with Crippen LogP contribution in [0.4, 0.5) is 5.82 Å². The molecule has 0 amide bonds. The van der Waals surface area contributed by atoms with Gasteiger partial charge in [-0.1, -0.05) is 0 Å². The lowest BCUT2D eigenvalue weighted by Crippen LogP contribution is -2.11. The van der Waals surface area contributed by atoms with Crippen LogP contribution in [0.25, 0.3) is 0 Å². The van der Waals surface area contributed by atoms with E-state index in [1.165, 1.54) is 0 Å². The molecule has 1 heterocycles. The normalized spacial score (nSPS) is 9.50. The highest BCUT2D eigenvalue weighted by Crippen LogP contribution is 2.05. The molecule has 0 spiro atoms. The van der Waals surface area contributed by atoms with E-state index in [4.69, 9.17) is 0 Å². The average Bonchev–Trinajstić information content (AvgIpc) is 1.88. The zero-order chi connectivity index (χ0) is 7.56. The first-order chi connectivity index (χ1) is 4.70. The molecule has 0 aliphatic rings.